The van der Waals surface area contributed by atoms with Crippen LogP contribution in [0.3, 0.4) is 0 Å². The van der Waals surface area contributed by atoms with E-state index in [4.69, 9.17) is 0 Å². The molecule has 16 heavy (non-hydrogen) atoms. The van der Waals surface area contributed by atoms with Gasteiger partial charge in [-0.1, -0.05) is 71.1 Å². The molecule has 0 heterocycles. The zero-order valence-electron chi connectivity index (χ0n) is 11.2. The van der Waals surface area contributed by atoms with Gasteiger partial charge in [-0.3, -0.25) is 0 Å². The van der Waals surface area contributed by atoms with Gasteiger partial charge >= 0.3 is 0 Å². The van der Waals surface area contributed by atoms with E-state index in [1.165, 1.54) is 38.5 Å². The molecular weight excluding hydrogens is 192 g/mol. The third kappa shape index (κ3) is 3.50. The molecule has 2 saturated carbocycles. The van der Waals surface area contributed by atoms with E-state index in [9.17, 15) is 0 Å². The first-order valence-corrected chi connectivity index (χ1v) is 7.90. The summed E-state index contributed by atoms with van der Waals surface area (Å²) in [4.78, 5) is 0. The highest BCUT2D eigenvalue weighted by atomic mass is 14.4. The van der Waals surface area contributed by atoms with Crippen molar-refractivity contribution in [1.29, 1.82) is 0 Å². The Morgan fingerprint density at radius 1 is 0.812 bits per heavy atom. The average Bonchev–Trinajstić information content (AvgIpc) is 2.34. The third-order valence-corrected chi connectivity index (χ3v) is 5.11. The second kappa shape index (κ2) is 6.67. The molecule has 0 nitrogen and oxygen atoms in total. The van der Waals surface area contributed by atoms with E-state index in [0.29, 0.717) is 0 Å². The van der Waals surface area contributed by atoms with Crippen LogP contribution in [0.2, 0.25) is 0 Å². The van der Waals surface area contributed by atoms with Crippen LogP contribution in [-0.4, -0.2) is 0 Å². The van der Waals surface area contributed by atoms with E-state index in [-0.39, 0.29) is 0 Å². The van der Waals surface area contributed by atoms with E-state index in [1.807, 2.05) is 0 Å². The zero-order valence-corrected chi connectivity index (χ0v) is 11.2. The number of hydrogen-bond acceptors (Lipinski definition) is 0. The van der Waals surface area contributed by atoms with Crippen molar-refractivity contribution in [2.24, 2.45) is 17.8 Å². The highest BCUT2D eigenvalue weighted by Gasteiger charge is 2.31. The summed E-state index contributed by atoms with van der Waals surface area (Å²) >= 11 is 0. The Morgan fingerprint density at radius 3 is 2.44 bits per heavy atom. The summed E-state index contributed by atoms with van der Waals surface area (Å²) in [7, 11) is 0. The fraction of sp³-hybridized carbons (Fsp3) is 1.00. The molecule has 2 aliphatic carbocycles. The topological polar surface area (TPSA) is 0 Å². The van der Waals surface area contributed by atoms with Crippen molar-refractivity contribution in [2.45, 2.75) is 84.0 Å². The molecule has 94 valence electrons. The first-order chi connectivity index (χ1) is 7.90. The van der Waals surface area contributed by atoms with Crippen molar-refractivity contribution < 1.29 is 0 Å². The first kappa shape index (κ1) is 12.5. The molecule has 0 saturated heterocycles. The Hall–Kier alpha value is 0. The quantitative estimate of drug-likeness (QED) is 0.534. The summed E-state index contributed by atoms with van der Waals surface area (Å²) in [6.45, 7) is 2.31. The van der Waals surface area contributed by atoms with Crippen molar-refractivity contribution in [3.8, 4) is 0 Å². The highest BCUT2D eigenvalue weighted by molar-refractivity contribution is 4.83. The van der Waals surface area contributed by atoms with Gasteiger partial charge in [0.15, 0.2) is 0 Å². The van der Waals surface area contributed by atoms with Gasteiger partial charge in [-0.15, -0.1) is 0 Å². The van der Waals surface area contributed by atoms with Crippen molar-refractivity contribution in [3.63, 3.8) is 0 Å². The van der Waals surface area contributed by atoms with Crippen LogP contribution in [-0.2, 0) is 0 Å². The molecule has 3 atom stereocenters. The lowest BCUT2D eigenvalue weighted by Gasteiger charge is -2.39. The van der Waals surface area contributed by atoms with Gasteiger partial charge in [0.1, 0.15) is 0 Å². The number of hydrogen-bond donors (Lipinski definition) is 0. The minimum absolute atomic E-state index is 1.11. The van der Waals surface area contributed by atoms with E-state index < -0.39 is 0 Å². The largest absolute Gasteiger partial charge is 0.0654 e. The molecular formula is C16H30. The summed E-state index contributed by atoms with van der Waals surface area (Å²) < 4.78 is 0. The summed E-state index contributed by atoms with van der Waals surface area (Å²) in [5.74, 6) is 3.38. The maximum absolute atomic E-state index is 2.31. The average molecular weight is 222 g/mol. The maximum Gasteiger partial charge on any atom is -0.0383 e. The summed E-state index contributed by atoms with van der Waals surface area (Å²) in [5.41, 5.74) is 0. The first-order valence-electron chi connectivity index (χ1n) is 7.90. The van der Waals surface area contributed by atoms with Crippen molar-refractivity contribution in [2.75, 3.05) is 0 Å². The molecule has 2 aliphatic rings. The minimum atomic E-state index is 1.11. The molecule has 0 aromatic rings. The predicted octanol–water partition coefficient (Wildman–Crippen LogP) is 5.56. The van der Waals surface area contributed by atoms with Crippen molar-refractivity contribution >= 4 is 0 Å². The second-order valence-corrected chi connectivity index (χ2v) is 6.33. The standard InChI is InChI=1S/C16H30/c1-2-3-4-5-8-14-11-12-15-9-6-7-10-16(15)13-14/h14-16H,2-13H2,1H3. The fourth-order valence-electron chi connectivity index (χ4n) is 4.09. The van der Waals surface area contributed by atoms with Gasteiger partial charge in [0.2, 0.25) is 0 Å². The van der Waals surface area contributed by atoms with Gasteiger partial charge in [0.05, 0.1) is 0 Å². The van der Waals surface area contributed by atoms with Gasteiger partial charge in [-0.2, -0.15) is 0 Å². The number of unbranched alkanes of at least 4 members (excludes halogenated alkanes) is 3. The molecule has 0 bridgehead atoms. The Bertz CT molecular complexity index is 184. The molecule has 3 unspecified atom stereocenters. The molecule has 0 N–H and O–H groups in total. The van der Waals surface area contributed by atoms with Crippen LogP contribution < -0.4 is 0 Å². The van der Waals surface area contributed by atoms with Crippen LogP contribution in [0.1, 0.15) is 84.0 Å². The molecule has 2 fully saturated rings. The van der Waals surface area contributed by atoms with Crippen LogP contribution >= 0.6 is 0 Å². The van der Waals surface area contributed by atoms with Crippen LogP contribution in [0.25, 0.3) is 0 Å². The number of fused-ring (bicyclic) bond motifs is 1. The van der Waals surface area contributed by atoms with Gasteiger partial charge < -0.3 is 0 Å². The summed E-state index contributed by atoms with van der Waals surface area (Å²) in [6.07, 6.45) is 18.3. The van der Waals surface area contributed by atoms with Gasteiger partial charge in [0, 0.05) is 0 Å². The number of rotatable bonds is 5. The van der Waals surface area contributed by atoms with Gasteiger partial charge in [-0.05, 0) is 30.6 Å². The van der Waals surface area contributed by atoms with Gasteiger partial charge in [-0.25, -0.2) is 0 Å². The Labute approximate surface area is 102 Å². The lowest BCUT2D eigenvalue weighted by Crippen LogP contribution is -2.27. The Balaban J connectivity index is 1.65. The second-order valence-electron chi connectivity index (χ2n) is 6.33. The molecule has 0 heteroatoms. The summed E-state index contributed by atoms with van der Waals surface area (Å²) in [6, 6.07) is 0. The molecule has 0 aromatic carbocycles. The van der Waals surface area contributed by atoms with Crippen LogP contribution in [0.5, 0.6) is 0 Å². The minimum Gasteiger partial charge on any atom is -0.0654 e. The van der Waals surface area contributed by atoms with Crippen LogP contribution in [0.15, 0.2) is 0 Å². The lowest BCUT2D eigenvalue weighted by molar-refractivity contribution is 0.124. The van der Waals surface area contributed by atoms with E-state index in [0.717, 1.165) is 17.8 Å². The maximum atomic E-state index is 2.31. The lowest BCUT2D eigenvalue weighted by atomic mass is 9.67. The van der Waals surface area contributed by atoms with Crippen molar-refractivity contribution in [1.82, 2.24) is 0 Å². The Morgan fingerprint density at radius 2 is 1.62 bits per heavy atom. The molecule has 0 radical (unpaired) electrons. The molecule has 0 amide bonds. The summed E-state index contributed by atoms with van der Waals surface area (Å²) in [5, 5.41) is 0. The predicted molar refractivity (Wildman–Crippen MR) is 71.5 cm³/mol. The molecule has 2 rings (SSSR count). The third-order valence-electron chi connectivity index (χ3n) is 5.11. The highest BCUT2D eigenvalue weighted by Crippen LogP contribution is 2.43. The van der Waals surface area contributed by atoms with E-state index in [1.54, 1.807) is 38.5 Å². The van der Waals surface area contributed by atoms with Crippen LogP contribution in [0.4, 0.5) is 0 Å². The molecule has 0 aromatic heterocycles. The Kier molecular flexibility index (Phi) is 5.19. The smallest absolute Gasteiger partial charge is 0.0383 e. The molecule has 0 aliphatic heterocycles. The zero-order chi connectivity index (χ0) is 11.2. The van der Waals surface area contributed by atoms with Gasteiger partial charge in [0.25, 0.3) is 0 Å². The van der Waals surface area contributed by atoms with E-state index >= 15 is 0 Å². The monoisotopic (exact) mass is 222 g/mol. The normalized spacial score (nSPS) is 34.7. The SMILES string of the molecule is CCCCCCC1CCC2CCCCC2C1. The molecule has 0 spiro atoms. The van der Waals surface area contributed by atoms with E-state index in [2.05, 4.69) is 6.92 Å². The van der Waals surface area contributed by atoms with Crippen molar-refractivity contribution in [3.05, 3.63) is 0 Å². The van der Waals surface area contributed by atoms with Crippen LogP contribution in [0, 0.1) is 17.8 Å². The fourth-order valence-corrected chi connectivity index (χ4v) is 4.09.